The second kappa shape index (κ2) is 6.80. The molecule has 2 amide bonds. The first kappa shape index (κ1) is 14.2. The summed E-state index contributed by atoms with van der Waals surface area (Å²) in [5.41, 5.74) is 2.23. The van der Waals surface area contributed by atoms with Crippen molar-refractivity contribution in [2.75, 3.05) is 6.54 Å². The smallest absolute Gasteiger partial charge is 0.315 e. The van der Waals surface area contributed by atoms with Crippen molar-refractivity contribution in [3.8, 4) is 0 Å². The van der Waals surface area contributed by atoms with Gasteiger partial charge in [0.2, 0.25) is 0 Å². The summed E-state index contributed by atoms with van der Waals surface area (Å²) in [6.45, 7) is 4.91. The van der Waals surface area contributed by atoms with Crippen LogP contribution in [0, 0.1) is 13.8 Å². The van der Waals surface area contributed by atoms with Gasteiger partial charge in [-0.05, 0) is 31.9 Å². The minimum atomic E-state index is -0.154. The van der Waals surface area contributed by atoms with Crippen LogP contribution >= 0.6 is 0 Å². The van der Waals surface area contributed by atoms with Crippen molar-refractivity contribution in [3.05, 3.63) is 59.0 Å². The number of carbonyl (C=O) groups excluding carboxylic acids is 1. The molecule has 1 aromatic heterocycles. The Balaban J connectivity index is 1.69. The summed E-state index contributed by atoms with van der Waals surface area (Å²) in [5.74, 6) is 1.72. The summed E-state index contributed by atoms with van der Waals surface area (Å²) >= 11 is 0. The van der Waals surface area contributed by atoms with Crippen LogP contribution in [0.2, 0.25) is 0 Å². The third-order valence-corrected chi connectivity index (χ3v) is 3.13. The number of amides is 2. The molecule has 0 fully saturated rings. The Morgan fingerprint density at radius 1 is 1.15 bits per heavy atom. The highest BCUT2D eigenvalue weighted by Gasteiger charge is 2.06. The van der Waals surface area contributed by atoms with Gasteiger partial charge in [-0.3, -0.25) is 0 Å². The van der Waals surface area contributed by atoms with Crippen LogP contribution in [0.5, 0.6) is 0 Å². The van der Waals surface area contributed by atoms with E-state index >= 15 is 0 Å². The molecule has 0 aliphatic heterocycles. The van der Waals surface area contributed by atoms with Crippen molar-refractivity contribution < 1.29 is 9.21 Å². The maximum atomic E-state index is 11.7. The molecule has 0 aliphatic carbocycles. The third-order valence-electron chi connectivity index (χ3n) is 3.13. The molecule has 106 valence electrons. The van der Waals surface area contributed by atoms with Gasteiger partial charge in [0.25, 0.3) is 0 Å². The fourth-order valence-corrected chi connectivity index (χ4v) is 2.06. The van der Waals surface area contributed by atoms with E-state index in [1.165, 1.54) is 5.56 Å². The van der Waals surface area contributed by atoms with Crippen LogP contribution < -0.4 is 10.6 Å². The molecule has 20 heavy (non-hydrogen) atoms. The standard InChI is InChI=1S/C16H20N2O2/c1-12-10-15(13(2)20-12)11-18-16(19)17-9-8-14-6-4-3-5-7-14/h3-7,10H,8-9,11H2,1-2H3,(H2,17,18,19). The van der Waals surface area contributed by atoms with E-state index in [4.69, 9.17) is 4.42 Å². The zero-order valence-electron chi connectivity index (χ0n) is 11.9. The second-order valence-corrected chi connectivity index (χ2v) is 4.78. The van der Waals surface area contributed by atoms with Crippen molar-refractivity contribution in [1.29, 1.82) is 0 Å². The minimum Gasteiger partial charge on any atom is -0.466 e. The van der Waals surface area contributed by atoms with Crippen LogP contribution in [0.3, 0.4) is 0 Å². The Hall–Kier alpha value is -2.23. The molecule has 0 aliphatic rings. The number of carbonyl (C=O) groups is 1. The largest absolute Gasteiger partial charge is 0.466 e. The summed E-state index contributed by atoms with van der Waals surface area (Å²) in [4.78, 5) is 11.7. The summed E-state index contributed by atoms with van der Waals surface area (Å²) < 4.78 is 5.41. The summed E-state index contributed by atoms with van der Waals surface area (Å²) in [5, 5.41) is 5.68. The molecule has 1 heterocycles. The first-order chi connectivity index (χ1) is 9.65. The van der Waals surface area contributed by atoms with Crippen molar-refractivity contribution >= 4 is 6.03 Å². The molecule has 4 nitrogen and oxygen atoms in total. The molecule has 0 atom stereocenters. The molecule has 0 spiro atoms. The second-order valence-electron chi connectivity index (χ2n) is 4.78. The number of hydrogen-bond donors (Lipinski definition) is 2. The Labute approximate surface area is 119 Å². The lowest BCUT2D eigenvalue weighted by atomic mass is 10.1. The molecule has 0 saturated carbocycles. The number of benzene rings is 1. The van der Waals surface area contributed by atoms with Gasteiger partial charge < -0.3 is 15.1 Å². The van der Waals surface area contributed by atoms with Gasteiger partial charge in [0.1, 0.15) is 11.5 Å². The van der Waals surface area contributed by atoms with E-state index in [-0.39, 0.29) is 6.03 Å². The first-order valence-corrected chi connectivity index (χ1v) is 6.76. The van der Waals surface area contributed by atoms with Gasteiger partial charge in [-0.2, -0.15) is 0 Å². The molecule has 4 heteroatoms. The number of furan rings is 1. The van der Waals surface area contributed by atoms with Gasteiger partial charge >= 0.3 is 6.03 Å². The highest BCUT2D eigenvalue weighted by molar-refractivity contribution is 5.73. The molecule has 0 saturated heterocycles. The number of hydrogen-bond acceptors (Lipinski definition) is 2. The molecule has 1 aromatic carbocycles. The number of rotatable bonds is 5. The Kier molecular flexibility index (Phi) is 4.82. The average molecular weight is 272 g/mol. The Morgan fingerprint density at radius 2 is 1.90 bits per heavy atom. The molecule has 0 radical (unpaired) electrons. The van der Waals surface area contributed by atoms with E-state index in [0.29, 0.717) is 13.1 Å². The lowest BCUT2D eigenvalue weighted by molar-refractivity contribution is 0.240. The fraction of sp³-hybridized carbons (Fsp3) is 0.312. The van der Waals surface area contributed by atoms with Crippen molar-refractivity contribution in [2.45, 2.75) is 26.8 Å². The van der Waals surface area contributed by atoms with Crippen LogP contribution in [0.1, 0.15) is 22.6 Å². The van der Waals surface area contributed by atoms with Crippen LogP contribution in [0.15, 0.2) is 40.8 Å². The first-order valence-electron chi connectivity index (χ1n) is 6.76. The van der Waals surface area contributed by atoms with Gasteiger partial charge in [-0.15, -0.1) is 0 Å². The van der Waals surface area contributed by atoms with E-state index in [1.807, 2.05) is 38.1 Å². The summed E-state index contributed by atoms with van der Waals surface area (Å²) in [7, 11) is 0. The van der Waals surface area contributed by atoms with E-state index in [1.54, 1.807) is 0 Å². The van der Waals surface area contributed by atoms with E-state index < -0.39 is 0 Å². The van der Waals surface area contributed by atoms with Crippen molar-refractivity contribution in [1.82, 2.24) is 10.6 Å². The predicted molar refractivity (Wildman–Crippen MR) is 78.6 cm³/mol. The maximum Gasteiger partial charge on any atom is 0.315 e. The minimum absolute atomic E-state index is 0.154. The fourth-order valence-electron chi connectivity index (χ4n) is 2.06. The van der Waals surface area contributed by atoms with Gasteiger partial charge in [-0.1, -0.05) is 30.3 Å². The zero-order chi connectivity index (χ0) is 14.4. The molecular weight excluding hydrogens is 252 g/mol. The van der Waals surface area contributed by atoms with E-state index in [2.05, 4.69) is 22.8 Å². The highest BCUT2D eigenvalue weighted by atomic mass is 16.3. The maximum absolute atomic E-state index is 11.7. The third kappa shape index (κ3) is 4.16. The number of urea groups is 1. The topological polar surface area (TPSA) is 54.3 Å². The molecule has 0 bridgehead atoms. The predicted octanol–water partition coefficient (Wildman–Crippen LogP) is 2.94. The molecule has 2 N–H and O–H groups in total. The van der Waals surface area contributed by atoms with Gasteiger partial charge in [0, 0.05) is 18.7 Å². The number of aryl methyl sites for hydroxylation is 2. The van der Waals surface area contributed by atoms with Crippen LogP contribution in [-0.4, -0.2) is 12.6 Å². The Bertz CT molecular complexity index is 561. The van der Waals surface area contributed by atoms with Gasteiger partial charge in [0.05, 0.1) is 0 Å². The average Bonchev–Trinajstić information content (AvgIpc) is 2.76. The lowest BCUT2D eigenvalue weighted by Gasteiger charge is -2.07. The van der Waals surface area contributed by atoms with Crippen LogP contribution in [0.25, 0.3) is 0 Å². The van der Waals surface area contributed by atoms with Crippen LogP contribution in [-0.2, 0) is 13.0 Å². The van der Waals surface area contributed by atoms with E-state index in [0.717, 1.165) is 23.5 Å². The molecule has 2 rings (SSSR count). The SMILES string of the molecule is Cc1cc(CNC(=O)NCCc2ccccc2)c(C)o1. The normalized spacial score (nSPS) is 10.3. The van der Waals surface area contributed by atoms with Crippen molar-refractivity contribution in [3.63, 3.8) is 0 Å². The molecule has 0 unspecified atom stereocenters. The molecule has 2 aromatic rings. The lowest BCUT2D eigenvalue weighted by Crippen LogP contribution is -2.36. The number of nitrogens with one attached hydrogen (secondary N) is 2. The van der Waals surface area contributed by atoms with Gasteiger partial charge in [-0.25, -0.2) is 4.79 Å². The summed E-state index contributed by atoms with van der Waals surface area (Å²) in [6, 6.07) is 11.9. The Morgan fingerprint density at radius 3 is 2.55 bits per heavy atom. The van der Waals surface area contributed by atoms with Crippen molar-refractivity contribution in [2.24, 2.45) is 0 Å². The van der Waals surface area contributed by atoms with E-state index in [9.17, 15) is 4.79 Å². The summed E-state index contributed by atoms with van der Waals surface area (Å²) in [6.07, 6.45) is 0.831. The zero-order valence-corrected chi connectivity index (χ0v) is 11.9. The van der Waals surface area contributed by atoms with Gasteiger partial charge in [0.15, 0.2) is 0 Å². The monoisotopic (exact) mass is 272 g/mol. The highest BCUT2D eigenvalue weighted by Crippen LogP contribution is 2.12. The quantitative estimate of drug-likeness (QED) is 0.879. The van der Waals surface area contributed by atoms with Crippen LogP contribution in [0.4, 0.5) is 4.79 Å². The molecular formula is C16H20N2O2.